The molecule has 0 radical (unpaired) electrons. The van der Waals surface area contributed by atoms with Crippen LogP contribution in [0.3, 0.4) is 0 Å². The van der Waals surface area contributed by atoms with Gasteiger partial charge in [0.15, 0.2) is 0 Å². The lowest BCUT2D eigenvalue weighted by molar-refractivity contribution is 0.217. The Morgan fingerprint density at radius 1 is 0.947 bits per heavy atom. The first-order valence-electron chi connectivity index (χ1n) is 5.72. The zero-order chi connectivity index (χ0) is 13.7. The van der Waals surface area contributed by atoms with E-state index in [4.69, 9.17) is 38.4 Å². The summed E-state index contributed by atoms with van der Waals surface area (Å²) in [6, 6.07) is 12.5. The molecule has 0 aliphatic rings. The van der Waals surface area contributed by atoms with Crippen LogP contribution in [0.5, 0.6) is 11.5 Å². The Kier molecular flexibility index (Phi) is 4.77. The smallest absolute Gasteiger partial charge is 0.139 e. The largest absolute Gasteiger partial charge is 0.490 e. The standard InChI is InChI=1S/C14H13Cl2NO2/c15-12-5-2-6-13(14(12)16)19-8-7-18-11-4-1-3-10(17)9-11/h1-6,9H,7-8,17H2. The van der Waals surface area contributed by atoms with Gasteiger partial charge in [0, 0.05) is 11.8 Å². The van der Waals surface area contributed by atoms with E-state index in [9.17, 15) is 0 Å². The topological polar surface area (TPSA) is 44.5 Å². The minimum Gasteiger partial charge on any atom is -0.490 e. The average Bonchev–Trinajstić information content (AvgIpc) is 2.39. The van der Waals surface area contributed by atoms with Crippen molar-refractivity contribution in [2.24, 2.45) is 0 Å². The number of rotatable bonds is 5. The summed E-state index contributed by atoms with van der Waals surface area (Å²) >= 11 is 11.9. The number of halogens is 2. The van der Waals surface area contributed by atoms with E-state index in [1.165, 1.54) is 0 Å². The second-order valence-corrected chi connectivity index (χ2v) is 4.61. The molecule has 0 aliphatic heterocycles. The molecule has 0 aromatic heterocycles. The van der Waals surface area contributed by atoms with Crippen LogP contribution in [-0.2, 0) is 0 Å². The number of nitrogen functional groups attached to an aromatic ring is 1. The van der Waals surface area contributed by atoms with Crippen molar-refractivity contribution in [1.82, 2.24) is 0 Å². The van der Waals surface area contributed by atoms with Gasteiger partial charge in [-0.1, -0.05) is 35.3 Å². The molecule has 0 atom stereocenters. The van der Waals surface area contributed by atoms with Crippen molar-refractivity contribution < 1.29 is 9.47 Å². The van der Waals surface area contributed by atoms with Crippen LogP contribution in [0.25, 0.3) is 0 Å². The van der Waals surface area contributed by atoms with Crippen LogP contribution in [0.1, 0.15) is 0 Å². The van der Waals surface area contributed by atoms with Gasteiger partial charge in [0.25, 0.3) is 0 Å². The number of hydrogen-bond donors (Lipinski definition) is 1. The first-order valence-corrected chi connectivity index (χ1v) is 6.47. The molecule has 0 spiro atoms. The lowest BCUT2D eigenvalue weighted by atomic mass is 10.3. The summed E-state index contributed by atoms with van der Waals surface area (Å²) in [6.07, 6.45) is 0. The van der Waals surface area contributed by atoms with Gasteiger partial charge < -0.3 is 15.2 Å². The molecule has 0 heterocycles. The third-order valence-corrected chi connectivity index (χ3v) is 3.19. The van der Waals surface area contributed by atoms with Gasteiger partial charge in [-0.3, -0.25) is 0 Å². The molecule has 2 aromatic carbocycles. The maximum atomic E-state index is 6.00. The number of ether oxygens (including phenoxy) is 2. The van der Waals surface area contributed by atoms with E-state index in [1.54, 1.807) is 30.3 Å². The van der Waals surface area contributed by atoms with Gasteiger partial charge in [0.05, 0.1) is 5.02 Å². The first-order chi connectivity index (χ1) is 9.16. The predicted molar refractivity (Wildman–Crippen MR) is 78.3 cm³/mol. The van der Waals surface area contributed by atoms with Crippen molar-refractivity contribution in [3.05, 3.63) is 52.5 Å². The quantitative estimate of drug-likeness (QED) is 0.669. The third kappa shape index (κ3) is 3.94. The van der Waals surface area contributed by atoms with Crippen molar-refractivity contribution in [1.29, 1.82) is 0 Å². The zero-order valence-electron chi connectivity index (χ0n) is 10.1. The number of nitrogens with two attached hydrogens (primary N) is 1. The fourth-order valence-electron chi connectivity index (χ4n) is 1.51. The Morgan fingerprint density at radius 2 is 1.68 bits per heavy atom. The molecule has 0 saturated heterocycles. The van der Waals surface area contributed by atoms with Crippen molar-refractivity contribution in [3.8, 4) is 11.5 Å². The molecule has 2 N–H and O–H groups in total. The van der Waals surface area contributed by atoms with Crippen molar-refractivity contribution in [2.75, 3.05) is 18.9 Å². The second-order valence-electron chi connectivity index (χ2n) is 3.82. The molecular weight excluding hydrogens is 285 g/mol. The number of hydrogen-bond acceptors (Lipinski definition) is 3. The molecule has 5 heteroatoms. The number of benzene rings is 2. The predicted octanol–water partition coefficient (Wildman–Crippen LogP) is 4.03. The van der Waals surface area contributed by atoms with Crippen molar-refractivity contribution in [3.63, 3.8) is 0 Å². The zero-order valence-corrected chi connectivity index (χ0v) is 11.6. The van der Waals surface area contributed by atoms with Gasteiger partial charge in [0.1, 0.15) is 29.7 Å². The monoisotopic (exact) mass is 297 g/mol. The Hall–Kier alpha value is -1.58. The molecule has 0 amide bonds. The summed E-state index contributed by atoms with van der Waals surface area (Å²) in [5.74, 6) is 1.26. The highest BCUT2D eigenvalue weighted by Crippen LogP contribution is 2.31. The highest BCUT2D eigenvalue weighted by molar-refractivity contribution is 6.42. The molecule has 100 valence electrons. The minimum atomic E-state index is 0.370. The van der Waals surface area contributed by atoms with Gasteiger partial charge in [-0.25, -0.2) is 0 Å². The van der Waals surface area contributed by atoms with Crippen LogP contribution in [0.4, 0.5) is 5.69 Å². The summed E-state index contributed by atoms with van der Waals surface area (Å²) < 4.78 is 11.0. The maximum Gasteiger partial charge on any atom is 0.139 e. The van der Waals surface area contributed by atoms with Crippen LogP contribution < -0.4 is 15.2 Å². The first kappa shape index (κ1) is 13.8. The van der Waals surface area contributed by atoms with Crippen molar-refractivity contribution in [2.45, 2.75) is 0 Å². The van der Waals surface area contributed by atoms with Crippen LogP contribution in [0, 0.1) is 0 Å². The maximum absolute atomic E-state index is 6.00. The van der Waals surface area contributed by atoms with Crippen molar-refractivity contribution >= 4 is 28.9 Å². The number of anilines is 1. The van der Waals surface area contributed by atoms with Gasteiger partial charge in [-0.2, -0.15) is 0 Å². The van der Waals surface area contributed by atoms with Crippen LogP contribution >= 0.6 is 23.2 Å². The normalized spacial score (nSPS) is 10.2. The lowest BCUT2D eigenvalue weighted by Gasteiger charge is -2.10. The summed E-state index contributed by atoms with van der Waals surface area (Å²) in [7, 11) is 0. The molecular formula is C14H13Cl2NO2. The van der Waals surface area contributed by atoms with E-state index in [-0.39, 0.29) is 0 Å². The fraction of sp³-hybridized carbons (Fsp3) is 0.143. The van der Waals surface area contributed by atoms with E-state index in [0.717, 1.165) is 0 Å². The Bertz CT molecular complexity index is 561. The third-order valence-electron chi connectivity index (χ3n) is 2.38. The van der Waals surface area contributed by atoms with Crippen LogP contribution in [-0.4, -0.2) is 13.2 Å². The summed E-state index contributed by atoms with van der Waals surface area (Å²) in [5.41, 5.74) is 6.31. The SMILES string of the molecule is Nc1cccc(OCCOc2cccc(Cl)c2Cl)c1. The average molecular weight is 298 g/mol. The van der Waals surface area contributed by atoms with Gasteiger partial charge in [-0.05, 0) is 24.3 Å². The van der Waals surface area contributed by atoms with E-state index in [1.807, 2.05) is 12.1 Å². The van der Waals surface area contributed by atoms with E-state index in [0.29, 0.717) is 40.4 Å². The van der Waals surface area contributed by atoms with Gasteiger partial charge in [-0.15, -0.1) is 0 Å². The molecule has 0 saturated carbocycles. The molecule has 2 aromatic rings. The lowest BCUT2D eigenvalue weighted by Crippen LogP contribution is -2.09. The van der Waals surface area contributed by atoms with E-state index in [2.05, 4.69) is 0 Å². The van der Waals surface area contributed by atoms with Crippen LogP contribution in [0.15, 0.2) is 42.5 Å². The summed E-state index contributed by atoms with van der Waals surface area (Å²) in [4.78, 5) is 0. The molecule has 19 heavy (non-hydrogen) atoms. The Morgan fingerprint density at radius 3 is 2.47 bits per heavy atom. The second kappa shape index (κ2) is 6.55. The molecule has 3 nitrogen and oxygen atoms in total. The Labute approximate surface area is 121 Å². The summed E-state index contributed by atoms with van der Waals surface area (Å²) in [6.45, 7) is 0.765. The minimum absolute atomic E-state index is 0.370. The Balaban J connectivity index is 1.82. The highest BCUT2D eigenvalue weighted by atomic mass is 35.5. The fourth-order valence-corrected chi connectivity index (χ4v) is 1.86. The molecule has 0 bridgehead atoms. The molecule has 2 rings (SSSR count). The van der Waals surface area contributed by atoms with Gasteiger partial charge in [0.2, 0.25) is 0 Å². The molecule has 0 unspecified atom stereocenters. The van der Waals surface area contributed by atoms with Gasteiger partial charge >= 0.3 is 0 Å². The van der Waals surface area contributed by atoms with Crippen LogP contribution in [0.2, 0.25) is 10.0 Å². The summed E-state index contributed by atoms with van der Waals surface area (Å²) in [5, 5.41) is 0.879. The highest BCUT2D eigenvalue weighted by Gasteiger charge is 2.05. The molecule has 0 aliphatic carbocycles. The van der Waals surface area contributed by atoms with E-state index < -0.39 is 0 Å². The van der Waals surface area contributed by atoms with E-state index >= 15 is 0 Å². The molecule has 0 fully saturated rings.